The van der Waals surface area contributed by atoms with E-state index in [2.05, 4.69) is 31.3 Å². The van der Waals surface area contributed by atoms with Crippen molar-refractivity contribution >= 4 is 0 Å². The predicted octanol–water partition coefficient (Wildman–Crippen LogP) is 3.50. The second-order valence-corrected chi connectivity index (χ2v) is 6.01. The Bertz CT molecular complexity index is 502. The van der Waals surface area contributed by atoms with Gasteiger partial charge in [-0.3, -0.25) is 5.32 Å². The summed E-state index contributed by atoms with van der Waals surface area (Å²) in [5, 5.41) is 12.7. The zero-order valence-corrected chi connectivity index (χ0v) is 12.7. The van der Waals surface area contributed by atoms with Gasteiger partial charge in [0.25, 0.3) is 0 Å². The first-order valence-electron chi connectivity index (χ1n) is 7.42. The second kappa shape index (κ2) is 6.28. The summed E-state index contributed by atoms with van der Waals surface area (Å²) in [7, 11) is 0. The fourth-order valence-corrected chi connectivity index (χ4v) is 2.33. The summed E-state index contributed by atoms with van der Waals surface area (Å²) in [6.07, 6.45) is 4.12. The molecule has 3 heteroatoms. The van der Waals surface area contributed by atoms with E-state index in [0.29, 0.717) is 12.6 Å². The zero-order chi connectivity index (χ0) is 14.6. The van der Waals surface area contributed by atoms with Crippen LogP contribution in [0.15, 0.2) is 18.2 Å². The lowest BCUT2D eigenvalue weighted by atomic mass is 9.98. The molecule has 1 aliphatic rings. The van der Waals surface area contributed by atoms with Gasteiger partial charge in [0, 0.05) is 6.04 Å². The molecule has 1 aromatic rings. The second-order valence-electron chi connectivity index (χ2n) is 6.01. The Balaban J connectivity index is 1.78. The summed E-state index contributed by atoms with van der Waals surface area (Å²) in [6, 6.07) is 9.08. The van der Waals surface area contributed by atoms with Crippen LogP contribution >= 0.6 is 0 Å². The zero-order valence-electron chi connectivity index (χ0n) is 12.7. The summed E-state index contributed by atoms with van der Waals surface area (Å²) in [6.45, 7) is 6.82. The molecule has 0 heterocycles. The van der Waals surface area contributed by atoms with Crippen molar-refractivity contribution < 1.29 is 4.74 Å². The minimum Gasteiger partial charge on any atom is -0.493 e. The molecule has 108 valence electrons. The van der Waals surface area contributed by atoms with Crippen LogP contribution in [0, 0.1) is 25.2 Å². The van der Waals surface area contributed by atoms with E-state index in [1.165, 1.54) is 24.0 Å². The molecule has 1 atom stereocenters. The molecule has 1 fully saturated rings. The molecule has 0 amide bonds. The van der Waals surface area contributed by atoms with E-state index in [1.807, 2.05) is 19.1 Å². The Hall–Kier alpha value is -1.53. The van der Waals surface area contributed by atoms with Crippen LogP contribution in [-0.4, -0.2) is 18.2 Å². The van der Waals surface area contributed by atoms with Gasteiger partial charge in [-0.25, -0.2) is 0 Å². The van der Waals surface area contributed by atoms with E-state index in [1.54, 1.807) is 0 Å². The molecule has 1 N–H and O–H groups in total. The molecule has 0 radical (unpaired) electrons. The fraction of sp³-hybridized carbons (Fsp3) is 0.588. The minimum atomic E-state index is -0.411. The number of nitrogens with zero attached hydrogens (tertiary/aromatic N) is 1. The van der Waals surface area contributed by atoms with E-state index in [0.717, 1.165) is 18.6 Å². The van der Waals surface area contributed by atoms with Crippen molar-refractivity contribution in [1.29, 1.82) is 5.26 Å². The average molecular weight is 272 g/mol. The van der Waals surface area contributed by atoms with Crippen molar-refractivity contribution in [3.8, 4) is 11.8 Å². The largest absolute Gasteiger partial charge is 0.493 e. The SMILES string of the molecule is Cc1cccc(OCCCC(C)(C#N)NC2CC2)c1C. The molecule has 20 heavy (non-hydrogen) atoms. The van der Waals surface area contributed by atoms with Crippen molar-refractivity contribution in [1.82, 2.24) is 5.32 Å². The van der Waals surface area contributed by atoms with E-state index >= 15 is 0 Å². The smallest absolute Gasteiger partial charge is 0.122 e. The molecule has 1 aromatic carbocycles. The Morgan fingerprint density at radius 2 is 2.15 bits per heavy atom. The van der Waals surface area contributed by atoms with Gasteiger partial charge in [-0.2, -0.15) is 5.26 Å². The molecule has 1 aliphatic carbocycles. The van der Waals surface area contributed by atoms with E-state index in [4.69, 9.17) is 4.74 Å². The number of ether oxygens (including phenoxy) is 1. The Morgan fingerprint density at radius 1 is 1.40 bits per heavy atom. The molecule has 1 saturated carbocycles. The van der Waals surface area contributed by atoms with Crippen LogP contribution in [0.2, 0.25) is 0 Å². The molecule has 3 nitrogen and oxygen atoms in total. The Labute approximate surface area is 121 Å². The number of hydrogen-bond donors (Lipinski definition) is 1. The summed E-state index contributed by atoms with van der Waals surface area (Å²) < 4.78 is 5.84. The molecule has 2 rings (SSSR count). The van der Waals surface area contributed by atoms with Crippen LogP contribution in [-0.2, 0) is 0 Å². The van der Waals surface area contributed by atoms with Gasteiger partial charge in [0.1, 0.15) is 11.3 Å². The van der Waals surface area contributed by atoms with E-state index in [9.17, 15) is 5.26 Å². The molecule has 0 aliphatic heterocycles. The predicted molar refractivity (Wildman–Crippen MR) is 80.8 cm³/mol. The third-order valence-electron chi connectivity index (χ3n) is 3.98. The van der Waals surface area contributed by atoms with Gasteiger partial charge < -0.3 is 4.74 Å². The normalized spacial score (nSPS) is 17.3. The first-order chi connectivity index (χ1) is 9.54. The van der Waals surface area contributed by atoms with Crippen LogP contribution in [0.4, 0.5) is 0 Å². The number of rotatable bonds is 7. The maximum absolute atomic E-state index is 9.31. The number of nitriles is 1. The lowest BCUT2D eigenvalue weighted by molar-refractivity contribution is 0.283. The van der Waals surface area contributed by atoms with Crippen LogP contribution in [0.5, 0.6) is 5.75 Å². The quantitative estimate of drug-likeness (QED) is 0.773. The Kier molecular flexibility index (Phi) is 4.67. The van der Waals surface area contributed by atoms with Gasteiger partial charge in [0.05, 0.1) is 12.7 Å². The highest BCUT2D eigenvalue weighted by atomic mass is 16.5. The maximum Gasteiger partial charge on any atom is 0.122 e. The number of hydrogen-bond acceptors (Lipinski definition) is 3. The van der Waals surface area contributed by atoms with Crippen LogP contribution in [0.1, 0.15) is 43.7 Å². The lowest BCUT2D eigenvalue weighted by Crippen LogP contribution is -2.42. The van der Waals surface area contributed by atoms with Gasteiger partial charge in [-0.15, -0.1) is 0 Å². The average Bonchev–Trinajstić information content (AvgIpc) is 3.23. The number of benzene rings is 1. The topological polar surface area (TPSA) is 45.0 Å². The summed E-state index contributed by atoms with van der Waals surface area (Å²) >= 11 is 0. The summed E-state index contributed by atoms with van der Waals surface area (Å²) in [4.78, 5) is 0. The van der Waals surface area contributed by atoms with E-state index in [-0.39, 0.29) is 0 Å². The summed E-state index contributed by atoms with van der Waals surface area (Å²) in [5.41, 5.74) is 2.04. The van der Waals surface area contributed by atoms with Crippen LogP contribution in [0.3, 0.4) is 0 Å². The highest BCUT2D eigenvalue weighted by Gasteiger charge is 2.31. The third kappa shape index (κ3) is 3.98. The molecule has 1 unspecified atom stereocenters. The van der Waals surface area contributed by atoms with Gasteiger partial charge in [-0.1, -0.05) is 12.1 Å². The van der Waals surface area contributed by atoms with Crippen molar-refractivity contribution in [2.45, 2.75) is 58.0 Å². The first kappa shape index (κ1) is 14.9. The third-order valence-corrected chi connectivity index (χ3v) is 3.98. The standard InChI is InChI=1S/C17H24N2O/c1-13-6-4-7-16(14(13)2)20-11-5-10-17(3,12-18)19-15-8-9-15/h4,6-7,15,19H,5,8-11H2,1-3H3. The van der Waals surface area contributed by atoms with Crippen molar-refractivity contribution in [2.24, 2.45) is 0 Å². The van der Waals surface area contributed by atoms with Gasteiger partial charge >= 0.3 is 0 Å². The molecular formula is C17H24N2O. The van der Waals surface area contributed by atoms with Gasteiger partial charge in [0.2, 0.25) is 0 Å². The molecule has 0 saturated heterocycles. The van der Waals surface area contributed by atoms with Crippen molar-refractivity contribution in [3.05, 3.63) is 29.3 Å². The maximum atomic E-state index is 9.31. The monoisotopic (exact) mass is 272 g/mol. The molecular weight excluding hydrogens is 248 g/mol. The van der Waals surface area contributed by atoms with Crippen molar-refractivity contribution in [2.75, 3.05) is 6.61 Å². The van der Waals surface area contributed by atoms with Gasteiger partial charge in [-0.05, 0) is 63.6 Å². The molecule has 0 aromatic heterocycles. The molecule has 0 bridgehead atoms. The number of aryl methyl sites for hydroxylation is 1. The summed E-state index contributed by atoms with van der Waals surface area (Å²) in [5.74, 6) is 0.957. The van der Waals surface area contributed by atoms with Crippen LogP contribution in [0.25, 0.3) is 0 Å². The van der Waals surface area contributed by atoms with Gasteiger partial charge in [0.15, 0.2) is 0 Å². The highest BCUT2D eigenvalue weighted by Crippen LogP contribution is 2.25. The van der Waals surface area contributed by atoms with Crippen molar-refractivity contribution in [3.63, 3.8) is 0 Å². The Morgan fingerprint density at radius 3 is 2.80 bits per heavy atom. The lowest BCUT2D eigenvalue weighted by Gasteiger charge is -2.23. The fourth-order valence-electron chi connectivity index (χ4n) is 2.33. The first-order valence-corrected chi connectivity index (χ1v) is 7.42. The van der Waals surface area contributed by atoms with Crippen LogP contribution < -0.4 is 10.1 Å². The minimum absolute atomic E-state index is 0.411. The molecule has 0 spiro atoms. The number of nitrogens with one attached hydrogen (secondary N) is 1. The van der Waals surface area contributed by atoms with E-state index < -0.39 is 5.54 Å². The highest BCUT2D eigenvalue weighted by molar-refractivity contribution is 5.38.